The lowest BCUT2D eigenvalue weighted by molar-refractivity contribution is -0.142. The third-order valence-electron chi connectivity index (χ3n) is 2.43. The van der Waals surface area contributed by atoms with Crippen molar-refractivity contribution in [1.82, 2.24) is 9.78 Å². The second kappa shape index (κ2) is 4.15. The number of carboxylic acids is 1. The van der Waals surface area contributed by atoms with Gasteiger partial charge in [0, 0.05) is 6.20 Å². The number of aliphatic carboxylic acids is 1. The van der Waals surface area contributed by atoms with Crippen molar-refractivity contribution < 1.29 is 23.1 Å². The first-order valence-corrected chi connectivity index (χ1v) is 4.58. The zero-order chi connectivity index (χ0) is 12.5. The van der Waals surface area contributed by atoms with Crippen LogP contribution in [0.2, 0.25) is 0 Å². The van der Waals surface area contributed by atoms with Gasteiger partial charge in [-0.3, -0.25) is 9.48 Å². The van der Waals surface area contributed by atoms with E-state index < -0.39 is 29.8 Å². The molecule has 7 heteroatoms. The number of aromatic nitrogens is 2. The first-order chi connectivity index (χ1) is 7.23. The highest BCUT2D eigenvalue weighted by molar-refractivity contribution is 5.70. The summed E-state index contributed by atoms with van der Waals surface area (Å²) in [5.74, 6) is -1.88. The summed E-state index contributed by atoms with van der Waals surface area (Å²) in [6.45, 7) is 2.92. The molecule has 0 aliphatic heterocycles. The van der Waals surface area contributed by atoms with Gasteiger partial charge in [-0.05, 0) is 19.9 Å². The summed E-state index contributed by atoms with van der Waals surface area (Å²) in [7, 11) is 0. The normalized spacial score (nSPS) is 15.8. The molecule has 2 unspecified atom stereocenters. The zero-order valence-corrected chi connectivity index (χ0v) is 8.69. The van der Waals surface area contributed by atoms with Crippen LogP contribution < -0.4 is 0 Å². The molecule has 0 saturated carbocycles. The number of halogens is 3. The van der Waals surface area contributed by atoms with E-state index in [0.29, 0.717) is 0 Å². The lowest BCUT2D eigenvalue weighted by Crippen LogP contribution is -2.22. The van der Waals surface area contributed by atoms with E-state index in [1.165, 1.54) is 13.8 Å². The van der Waals surface area contributed by atoms with Gasteiger partial charge in [-0.25, -0.2) is 0 Å². The van der Waals surface area contributed by atoms with Gasteiger partial charge in [0.1, 0.15) is 0 Å². The van der Waals surface area contributed by atoms with Crippen LogP contribution in [0.1, 0.15) is 25.6 Å². The van der Waals surface area contributed by atoms with Gasteiger partial charge in [-0.1, -0.05) is 0 Å². The van der Waals surface area contributed by atoms with Crippen molar-refractivity contribution in [1.29, 1.82) is 0 Å². The molecule has 1 aromatic heterocycles. The minimum absolute atomic E-state index is 0.631. The molecule has 0 aliphatic carbocycles. The molecule has 0 spiro atoms. The van der Waals surface area contributed by atoms with Crippen LogP contribution in [0.5, 0.6) is 0 Å². The fraction of sp³-hybridized carbons (Fsp3) is 0.556. The maximum atomic E-state index is 12.2. The van der Waals surface area contributed by atoms with Crippen LogP contribution in [-0.2, 0) is 11.0 Å². The molecule has 1 aromatic rings. The predicted octanol–water partition coefficient (Wildman–Crippen LogP) is 2.18. The summed E-state index contributed by atoms with van der Waals surface area (Å²) in [4.78, 5) is 10.7. The van der Waals surface area contributed by atoms with E-state index in [4.69, 9.17) is 5.11 Å². The average molecular weight is 236 g/mol. The maximum Gasteiger partial charge on any atom is 0.435 e. The first-order valence-electron chi connectivity index (χ1n) is 4.58. The van der Waals surface area contributed by atoms with Crippen LogP contribution in [0.4, 0.5) is 13.2 Å². The lowest BCUT2D eigenvalue weighted by atomic mass is 10.1. The molecule has 0 aliphatic rings. The van der Waals surface area contributed by atoms with Gasteiger partial charge in [-0.15, -0.1) is 0 Å². The van der Waals surface area contributed by atoms with E-state index in [-0.39, 0.29) is 0 Å². The number of carboxylic acid groups (broad SMARTS) is 1. The summed E-state index contributed by atoms with van der Waals surface area (Å²) < 4.78 is 37.7. The standard InChI is InChI=1S/C9H11F3N2O2/c1-5(8(15)16)6(2)14-4-3-7(13-14)9(10,11)12/h3-6H,1-2H3,(H,15,16). The topological polar surface area (TPSA) is 55.1 Å². The fourth-order valence-corrected chi connectivity index (χ4v) is 1.15. The average Bonchev–Trinajstić information content (AvgIpc) is 2.63. The Bertz CT molecular complexity index is 386. The van der Waals surface area contributed by atoms with E-state index >= 15 is 0 Å². The van der Waals surface area contributed by atoms with Crippen molar-refractivity contribution >= 4 is 5.97 Å². The number of hydrogen-bond donors (Lipinski definition) is 1. The van der Waals surface area contributed by atoms with Crippen molar-refractivity contribution in [2.75, 3.05) is 0 Å². The molecule has 0 amide bonds. The summed E-state index contributed by atoms with van der Waals surface area (Å²) >= 11 is 0. The van der Waals surface area contributed by atoms with Crippen molar-refractivity contribution in [2.24, 2.45) is 5.92 Å². The van der Waals surface area contributed by atoms with Crippen LogP contribution in [0, 0.1) is 5.92 Å². The van der Waals surface area contributed by atoms with Crippen molar-refractivity contribution in [2.45, 2.75) is 26.1 Å². The van der Waals surface area contributed by atoms with Gasteiger partial charge in [0.15, 0.2) is 5.69 Å². The van der Waals surface area contributed by atoms with Crippen molar-refractivity contribution in [3.8, 4) is 0 Å². The molecule has 90 valence electrons. The number of hydrogen-bond acceptors (Lipinski definition) is 2. The smallest absolute Gasteiger partial charge is 0.435 e. The molecule has 4 nitrogen and oxygen atoms in total. The summed E-state index contributed by atoms with van der Waals surface area (Å²) in [5, 5.41) is 12.0. The Morgan fingerprint density at radius 1 is 1.50 bits per heavy atom. The second-order valence-corrected chi connectivity index (χ2v) is 3.55. The monoisotopic (exact) mass is 236 g/mol. The van der Waals surface area contributed by atoms with Crippen LogP contribution in [0.3, 0.4) is 0 Å². The maximum absolute atomic E-state index is 12.2. The molecule has 0 saturated heterocycles. The Kier molecular flexibility index (Phi) is 3.25. The van der Waals surface area contributed by atoms with Crippen LogP contribution in [-0.4, -0.2) is 20.9 Å². The largest absolute Gasteiger partial charge is 0.481 e. The Balaban J connectivity index is 2.90. The molecule has 0 aromatic carbocycles. The summed E-state index contributed by atoms with van der Waals surface area (Å²) in [6.07, 6.45) is -3.37. The molecule has 2 atom stereocenters. The lowest BCUT2D eigenvalue weighted by Gasteiger charge is -2.16. The molecule has 0 radical (unpaired) electrons. The van der Waals surface area contributed by atoms with E-state index in [2.05, 4.69) is 5.10 Å². The van der Waals surface area contributed by atoms with E-state index in [1.807, 2.05) is 0 Å². The Morgan fingerprint density at radius 3 is 2.44 bits per heavy atom. The minimum Gasteiger partial charge on any atom is -0.481 e. The Hall–Kier alpha value is -1.53. The van der Waals surface area contributed by atoms with Crippen molar-refractivity contribution in [3.05, 3.63) is 18.0 Å². The number of alkyl halides is 3. The molecule has 16 heavy (non-hydrogen) atoms. The highest BCUT2D eigenvalue weighted by atomic mass is 19.4. The number of carbonyl (C=O) groups is 1. The van der Waals surface area contributed by atoms with Gasteiger partial charge in [-0.2, -0.15) is 18.3 Å². The third-order valence-corrected chi connectivity index (χ3v) is 2.43. The molecule has 1 rings (SSSR count). The van der Waals surface area contributed by atoms with Crippen molar-refractivity contribution in [3.63, 3.8) is 0 Å². The van der Waals surface area contributed by atoms with Gasteiger partial charge >= 0.3 is 12.1 Å². The highest BCUT2D eigenvalue weighted by Gasteiger charge is 2.34. The predicted molar refractivity (Wildman–Crippen MR) is 48.7 cm³/mol. The van der Waals surface area contributed by atoms with Gasteiger partial charge in [0.25, 0.3) is 0 Å². The molecular weight excluding hydrogens is 225 g/mol. The second-order valence-electron chi connectivity index (χ2n) is 3.55. The Labute approximate surface area is 89.7 Å². The SMILES string of the molecule is CC(C(=O)O)C(C)n1ccc(C(F)(F)F)n1. The molecule has 1 heterocycles. The van der Waals surface area contributed by atoms with E-state index in [0.717, 1.165) is 16.9 Å². The van der Waals surface area contributed by atoms with Gasteiger partial charge < -0.3 is 5.11 Å². The minimum atomic E-state index is -4.50. The van der Waals surface area contributed by atoms with E-state index in [9.17, 15) is 18.0 Å². The van der Waals surface area contributed by atoms with Crippen LogP contribution in [0.15, 0.2) is 12.3 Å². The molecular formula is C9H11F3N2O2. The quantitative estimate of drug-likeness (QED) is 0.875. The zero-order valence-electron chi connectivity index (χ0n) is 8.69. The van der Waals surface area contributed by atoms with Gasteiger partial charge in [0.05, 0.1) is 12.0 Å². The first kappa shape index (κ1) is 12.5. The highest BCUT2D eigenvalue weighted by Crippen LogP contribution is 2.28. The summed E-state index contributed by atoms with van der Waals surface area (Å²) in [6, 6.07) is 0.194. The van der Waals surface area contributed by atoms with Crippen LogP contribution in [0.25, 0.3) is 0 Å². The fourth-order valence-electron chi connectivity index (χ4n) is 1.15. The van der Waals surface area contributed by atoms with E-state index in [1.54, 1.807) is 0 Å². The summed E-state index contributed by atoms with van der Waals surface area (Å²) in [5.41, 5.74) is -1.02. The molecule has 0 fully saturated rings. The molecule has 0 bridgehead atoms. The number of nitrogens with zero attached hydrogens (tertiary/aromatic N) is 2. The molecule has 1 N–H and O–H groups in total. The van der Waals surface area contributed by atoms with Gasteiger partial charge in [0.2, 0.25) is 0 Å². The number of rotatable bonds is 3. The third kappa shape index (κ3) is 2.53. The van der Waals surface area contributed by atoms with Crippen LogP contribution >= 0.6 is 0 Å². The Morgan fingerprint density at radius 2 is 2.06 bits per heavy atom.